The maximum atomic E-state index is 11.7. The highest BCUT2D eigenvalue weighted by molar-refractivity contribution is 5.81. The molecule has 2 amide bonds. The van der Waals surface area contributed by atoms with E-state index in [2.05, 4.69) is 5.32 Å². The van der Waals surface area contributed by atoms with Crippen LogP contribution in [0.4, 0.5) is 4.79 Å². The summed E-state index contributed by atoms with van der Waals surface area (Å²) in [6.07, 6.45) is 1.84. The summed E-state index contributed by atoms with van der Waals surface area (Å²) >= 11 is 0. The molecule has 1 saturated heterocycles. The number of likely N-dealkylation sites (tertiary alicyclic amines) is 1. The highest BCUT2D eigenvalue weighted by Gasteiger charge is 2.25. The molecule has 0 spiro atoms. The van der Waals surface area contributed by atoms with Crippen LogP contribution in [0.25, 0.3) is 0 Å². The summed E-state index contributed by atoms with van der Waals surface area (Å²) < 4.78 is 0. The van der Waals surface area contributed by atoms with E-state index in [4.69, 9.17) is 11.1 Å². The molecule has 0 aromatic heterocycles. The lowest BCUT2D eigenvalue weighted by atomic mass is 9.97. The number of hydrogen-bond donors (Lipinski definition) is 3. The maximum absolute atomic E-state index is 11.7. The third kappa shape index (κ3) is 3.42. The zero-order valence-electron chi connectivity index (χ0n) is 9.42. The number of nitrogens with two attached hydrogens (primary N) is 1. The predicted molar refractivity (Wildman–Crippen MR) is 59.9 cm³/mol. The summed E-state index contributed by atoms with van der Waals surface area (Å²) in [4.78, 5) is 13.4. The van der Waals surface area contributed by atoms with Gasteiger partial charge in [-0.15, -0.1) is 0 Å². The predicted octanol–water partition coefficient (Wildman–Crippen LogP) is 0.752. The van der Waals surface area contributed by atoms with Gasteiger partial charge in [0, 0.05) is 25.0 Å². The Hall–Kier alpha value is -1.26. The summed E-state index contributed by atoms with van der Waals surface area (Å²) in [5, 5.41) is 10.2. The molecule has 1 aliphatic rings. The third-order valence-electron chi connectivity index (χ3n) is 2.56. The third-order valence-corrected chi connectivity index (χ3v) is 2.56. The van der Waals surface area contributed by atoms with Gasteiger partial charge in [0.2, 0.25) is 0 Å². The van der Waals surface area contributed by atoms with Gasteiger partial charge in [-0.2, -0.15) is 0 Å². The number of nitrogens with one attached hydrogen (secondary N) is 2. The van der Waals surface area contributed by atoms with Crippen molar-refractivity contribution >= 4 is 11.9 Å². The van der Waals surface area contributed by atoms with E-state index in [1.165, 1.54) is 0 Å². The first-order valence-corrected chi connectivity index (χ1v) is 5.40. The van der Waals surface area contributed by atoms with Gasteiger partial charge in [0.1, 0.15) is 0 Å². The molecule has 1 heterocycles. The van der Waals surface area contributed by atoms with E-state index in [-0.39, 0.29) is 23.8 Å². The summed E-state index contributed by atoms with van der Waals surface area (Å²) in [7, 11) is 0. The van der Waals surface area contributed by atoms with E-state index in [1.807, 2.05) is 13.8 Å². The van der Waals surface area contributed by atoms with Crippen LogP contribution >= 0.6 is 0 Å². The molecule has 15 heavy (non-hydrogen) atoms. The van der Waals surface area contributed by atoms with Gasteiger partial charge in [-0.1, -0.05) is 0 Å². The molecule has 4 N–H and O–H groups in total. The second kappa shape index (κ2) is 5.00. The molecule has 1 atom stereocenters. The molecule has 0 aromatic rings. The smallest absolute Gasteiger partial charge is 0.317 e. The molecule has 5 nitrogen and oxygen atoms in total. The largest absolute Gasteiger partial charge is 0.387 e. The van der Waals surface area contributed by atoms with Crippen molar-refractivity contribution in [3.63, 3.8) is 0 Å². The molecule has 1 aliphatic heterocycles. The standard InChI is InChI=1S/C10H20N4O/c1-7(2)13-10(15)14-5-3-4-8(6-14)9(11)12/h7-8H,3-6H2,1-2H3,(H3,11,12)(H,13,15). The van der Waals surface area contributed by atoms with Crippen molar-refractivity contribution in [1.29, 1.82) is 5.41 Å². The van der Waals surface area contributed by atoms with Crippen LogP contribution in [0.3, 0.4) is 0 Å². The fourth-order valence-electron chi connectivity index (χ4n) is 1.75. The van der Waals surface area contributed by atoms with Crippen molar-refractivity contribution in [3.8, 4) is 0 Å². The van der Waals surface area contributed by atoms with Crippen LogP contribution in [-0.4, -0.2) is 35.9 Å². The van der Waals surface area contributed by atoms with Crippen LogP contribution in [0.5, 0.6) is 0 Å². The second-order valence-electron chi connectivity index (χ2n) is 4.34. The number of carbonyl (C=O) groups excluding carboxylic acids is 1. The molecule has 86 valence electrons. The molecular formula is C10H20N4O. The number of piperidine rings is 1. The molecule has 1 unspecified atom stereocenters. The van der Waals surface area contributed by atoms with Crippen LogP contribution in [-0.2, 0) is 0 Å². The van der Waals surface area contributed by atoms with Crippen molar-refractivity contribution in [2.75, 3.05) is 13.1 Å². The minimum atomic E-state index is -0.0454. The zero-order chi connectivity index (χ0) is 11.4. The summed E-state index contributed by atoms with van der Waals surface area (Å²) in [5.41, 5.74) is 5.46. The van der Waals surface area contributed by atoms with Crippen LogP contribution in [0, 0.1) is 11.3 Å². The van der Waals surface area contributed by atoms with Gasteiger partial charge in [-0.05, 0) is 26.7 Å². The molecule has 0 aliphatic carbocycles. The van der Waals surface area contributed by atoms with Gasteiger partial charge in [0.15, 0.2) is 0 Å². The molecule has 0 bridgehead atoms. The van der Waals surface area contributed by atoms with Crippen molar-refractivity contribution in [2.45, 2.75) is 32.7 Å². The number of hydrogen-bond acceptors (Lipinski definition) is 2. The molecular weight excluding hydrogens is 192 g/mol. The fraction of sp³-hybridized carbons (Fsp3) is 0.800. The molecule has 0 radical (unpaired) electrons. The average Bonchev–Trinajstić information content (AvgIpc) is 2.17. The lowest BCUT2D eigenvalue weighted by Gasteiger charge is -2.32. The monoisotopic (exact) mass is 212 g/mol. The lowest BCUT2D eigenvalue weighted by molar-refractivity contribution is 0.175. The van der Waals surface area contributed by atoms with Crippen LogP contribution < -0.4 is 11.1 Å². The van der Waals surface area contributed by atoms with Crippen LogP contribution in [0.2, 0.25) is 0 Å². The van der Waals surface area contributed by atoms with E-state index in [9.17, 15) is 4.79 Å². The van der Waals surface area contributed by atoms with E-state index in [0.29, 0.717) is 6.54 Å². The minimum absolute atomic E-state index is 0.0386. The number of amides is 2. The van der Waals surface area contributed by atoms with E-state index >= 15 is 0 Å². The highest BCUT2D eigenvalue weighted by Crippen LogP contribution is 2.16. The SMILES string of the molecule is CC(C)NC(=O)N1CCCC(C(=N)N)C1. The number of amidine groups is 1. The average molecular weight is 212 g/mol. The lowest BCUT2D eigenvalue weighted by Crippen LogP contribution is -2.49. The molecule has 0 aromatic carbocycles. The van der Waals surface area contributed by atoms with Crippen molar-refractivity contribution in [2.24, 2.45) is 11.7 Å². The Kier molecular flexibility index (Phi) is 3.94. The first-order chi connectivity index (χ1) is 7.00. The van der Waals surface area contributed by atoms with Gasteiger partial charge in [0.05, 0.1) is 5.84 Å². The molecule has 1 rings (SSSR count). The second-order valence-corrected chi connectivity index (χ2v) is 4.34. The Labute approximate surface area is 90.5 Å². The number of carbonyl (C=O) groups is 1. The van der Waals surface area contributed by atoms with Gasteiger partial charge >= 0.3 is 6.03 Å². The summed E-state index contributed by atoms with van der Waals surface area (Å²) in [6.45, 7) is 5.21. The van der Waals surface area contributed by atoms with E-state index in [0.717, 1.165) is 19.4 Å². The van der Waals surface area contributed by atoms with Gasteiger partial charge in [0.25, 0.3) is 0 Å². The normalized spacial score (nSPS) is 21.5. The zero-order valence-corrected chi connectivity index (χ0v) is 9.42. The Morgan fingerprint density at radius 3 is 2.80 bits per heavy atom. The Bertz CT molecular complexity index is 252. The minimum Gasteiger partial charge on any atom is -0.387 e. The number of rotatable bonds is 2. The van der Waals surface area contributed by atoms with Crippen LogP contribution in [0.15, 0.2) is 0 Å². The Balaban J connectivity index is 2.48. The number of nitrogens with zero attached hydrogens (tertiary/aromatic N) is 1. The van der Waals surface area contributed by atoms with Crippen molar-refractivity contribution in [1.82, 2.24) is 10.2 Å². The topological polar surface area (TPSA) is 82.2 Å². The van der Waals surface area contributed by atoms with Crippen molar-refractivity contribution in [3.05, 3.63) is 0 Å². The molecule has 0 saturated carbocycles. The molecule has 5 heteroatoms. The van der Waals surface area contributed by atoms with Gasteiger partial charge in [-0.3, -0.25) is 5.41 Å². The van der Waals surface area contributed by atoms with E-state index in [1.54, 1.807) is 4.90 Å². The first kappa shape index (κ1) is 11.8. The fourth-order valence-corrected chi connectivity index (χ4v) is 1.75. The quantitative estimate of drug-likeness (QED) is 0.466. The Morgan fingerprint density at radius 1 is 1.60 bits per heavy atom. The van der Waals surface area contributed by atoms with Crippen molar-refractivity contribution < 1.29 is 4.79 Å². The Morgan fingerprint density at radius 2 is 2.27 bits per heavy atom. The van der Waals surface area contributed by atoms with Crippen LogP contribution in [0.1, 0.15) is 26.7 Å². The molecule has 1 fully saturated rings. The maximum Gasteiger partial charge on any atom is 0.317 e. The summed E-state index contributed by atoms with van der Waals surface area (Å²) in [5.74, 6) is 0.230. The highest BCUT2D eigenvalue weighted by atomic mass is 16.2. The summed E-state index contributed by atoms with van der Waals surface area (Å²) in [6, 6.07) is 0.103. The van der Waals surface area contributed by atoms with Gasteiger partial charge in [-0.25, -0.2) is 4.79 Å². The first-order valence-electron chi connectivity index (χ1n) is 5.40. The number of urea groups is 1. The van der Waals surface area contributed by atoms with Gasteiger partial charge < -0.3 is 16.0 Å². The van der Waals surface area contributed by atoms with E-state index < -0.39 is 0 Å².